The number of halogens is 3. The number of alkyl halides is 3. The van der Waals surface area contributed by atoms with Gasteiger partial charge in [0.05, 0.1) is 35.6 Å². The highest BCUT2D eigenvalue weighted by molar-refractivity contribution is 5.94. The number of piperidine rings is 1. The van der Waals surface area contributed by atoms with Crippen LogP contribution in [-0.2, 0) is 17.5 Å². The van der Waals surface area contributed by atoms with E-state index in [4.69, 9.17) is 10.00 Å². The van der Waals surface area contributed by atoms with Gasteiger partial charge in [-0.15, -0.1) is 0 Å². The number of benzene rings is 1. The van der Waals surface area contributed by atoms with Crippen LogP contribution in [-0.4, -0.2) is 60.0 Å². The fraction of sp³-hybridized carbons (Fsp3) is 0.542. The van der Waals surface area contributed by atoms with Gasteiger partial charge in [0, 0.05) is 62.5 Å². The Balaban J connectivity index is 1.58. The first-order valence-corrected chi connectivity index (χ1v) is 11.5. The first kappa shape index (κ1) is 24.1. The molecular formula is C24H28F3N5O2. The van der Waals surface area contributed by atoms with Crippen LogP contribution in [0.1, 0.15) is 41.8 Å². The highest BCUT2D eigenvalue weighted by Gasteiger charge is 2.51. The van der Waals surface area contributed by atoms with Gasteiger partial charge in [0.1, 0.15) is 0 Å². The number of aromatic nitrogens is 2. The number of carbonyl (C=O) groups is 1. The molecular weight excluding hydrogens is 447 g/mol. The van der Waals surface area contributed by atoms with Crippen LogP contribution >= 0.6 is 0 Å². The fourth-order valence-electron chi connectivity index (χ4n) is 5.10. The maximum Gasteiger partial charge on any atom is 0.417 e. The van der Waals surface area contributed by atoms with Crippen LogP contribution in [0.5, 0.6) is 0 Å². The molecule has 1 aromatic heterocycles. The number of nitriles is 1. The third kappa shape index (κ3) is 4.49. The Kier molecular flexibility index (Phi) is 6.58. The summed E-state index contributed by atoms with van der Waals surface area (Å²) in [5.74, 6) is -0.0443. The van der Waals surface area contributed by atoms with Gasteiger partial charge in [0.15, 0.2) is 0 Å². The molecule has 0 radical (unpaired) electrons. The molecule has 7 nitrogen and oxygen atoms in total. The number of carbonyl (C=O) groups excluding carboxylic acids is 1. The second kappa shape index (κ2) is 9.29. The van der Waals surface area contributed by atoms with E-state index in [2.05, 4.69) is 5.10 Å². The molecule has 2 aromatic rings. The summed E-state index contributed by atoms with van der Waals surface area (Å²) < 4.78 is 48.0. The van der Waals surface area contributed by atoms with E-state index in [1.165, 1.54) is 6.07 Å². The van der Waals surface area contributed by atoms with E-state index >= 15 is 0 Å². The predicted molar refractivity (Wildman–Crippen MR) is 119 cm³/mol. The Morgan fingerprint density at radius 3 is 2.76 bits per heavy atom. The minimum absolute atomic E-state index is 0.0444. The molecule has 1 aromatic carbocycles. The van der Waals surface area contributed by atoms with Crippen molar-refractivity contribution in [3.63, 3.8) is 0 Å². The summed E-state index contributed by atoms with van der Waals surface area (Å²) in [7, 11) is 0. The number of hydrogen-bond acceptors (Lipinski definition) is 5. The zero-order valence-electron chi connectivity index (χ0n) is 19.3. The van der Waals surface area contributed by atoms with E-state index < -0.39 is 11.7 Å². The van der Waals surface area contributed by atoms with Gasteiger partial charge in [0.2, 0.25) is 0 Å². The van der Waals surface area contributed by atoms with Gasteiger partial charge in [-0.25, -0.2) is 0 Å². The molecule has 3 heterocycles. The minimum atomic E-state index is -4.60. The summed E-state index contributed by atoms with van der Waals surface area (Å²) in [5.41, 5.74) is -0.585. The monoisotopic (exact) mass is 475 g/mol. The van der Waals surface area contributed by atoms with Crippen LogP contribution in [0.4, 0.5) is 18.9 Å². The van der Waals surface area contributed by atoms with Crippen molar-refractivity contribution in [3.05, 3.63) is 47.3 Å². The number of likely N-dealkylation sites (tertiary alicyclic amines) is 1. The molecule has 2 aliphatic heterocycles. The van der Waals surface area contributed by atoms with Crippen LogP contribution < -0.4 is 4.90 Å². The summed E-state index contributed by atoms with van der Waals surface area (Å²) in [6, 6.07) is 5.49. The number of ether oxygens (including phenoxy) is 1. The van der Waals surface area contributed by atoms with Crippen molar-refractivity contribution in [2.75, 3.05) is 44.3 Å². The molecule has 0 bridgehead atoms. The number of aryl methyl sites for hydroxylation is 1. The number of fused-ring (bicyclic) bond motifs is 1. The van der Waals surface area contributed by atoms with Crippen LogP contribution in [0.15, 0.2) is 30.6 Å². The van der Waals surface area contributed by atoms with Crippen LogP contribution in [0.3, 0.4) is 0 Å². The van der Waals surface area contributed by atoms with Crippen molar-refractivity contribution in [1.82, 2.24) is 14.7 Å². The lowest BCUT2D eigenvalue weighted by atomic mass is 9.73. The Morgan fingerprint density at radius 2 is 2.12 bits per heavy atom. The first-order chi connectivity index (χ1) is 16.2. The summed E-state index contributed by atoms with van der Waals surface area (Å²) >= 11 is 0. The van der Waals surface area contributed by atoms with Crippen molar-refractivity contribution in [2.24, 2.45) is 11.3 Å². The molecule has 2 aliphatic rings. The molecule has 10 heteroatoms. The number of nitrogens with zero attached hydrogens (tertiary/aromatic N) is 5. The van der Waals surface area contributed by atoms with E-state index in [-0.39, 0.29) is 22.8 Å². The summed E-state index contributed by atoms with van der Waals surface area (Å²) in [4.78, 5) is 16.9. The van der Waals surface area contributed by atoms with Crippen LogP contribution in [0.25, 0.3) is 0 Å². The molecule has 0 N–H and O–H groups in total. The quantitative estimate of drug-likeness (QED) is 0.636. The molecule has 0 aliphatic carbocycles. The highest BCUT2D eigenvalue weighted by Crippen LogP contribution is 2.45. The molecule has 182 valence electrons. The average molecular weight is 476 g/mol. The van der Waals surface area contributed by atoms with E-state index in [1.807, 2.05) is 23.6 Å². The second-order valence-corrected chi connectivity index (χ2v) is 9.00. The summed E-state index contributed by atoms with van der Waals surface area (Å²) in [6.07, 6.45) is -0.599. The van der Waals surface area contributed by atoms with Crippen molar-refractivity contribution < 1.29 is 22.7 Å². The van der Waals surface area contributed by atoms with E-state index in [0.29, 0.717) is 63.6 Å². The largest absolute Gasteiger partial charge is 0.417 e. The van der Waals surface area contributed by atoms with Crippen molar-refractivity contribution in [2.45, 2.75) is 33.0 Å². The second-order valence-electron chi connectivity index (χ2n) is 9.00. The van der Waals surface area contributed by atoms with E-state index in [0.717, 1.165) is 6.07 Å². The van der Waals surface area contributed by atoms with Gasteiger partial charge < -0.3 is 14.5 Å². The molecule has 2 atom stereocenters. The first-order valence-electron chi connectivity index (χ1n) is 11.5. The standard InChI is InChI=1S/C24H28F3N5O2/c1-3-32-12-18(11-29-32)22(33)31-14-19-13-30(8-7-23(19,15-31)16-34-4-2)20-6-5-17(10-28)21(9-20)24(25,26)27/h5-6,9,11-12,19H,3-4,7-8,13-16H2,1-2H3/t19-,23+/m1/s1. The number of anilines is 1. The van der Waals surface area contributed by atoms with Crippen molar-refractivity contribution in [1.29, 1.82) is 5.26 Å². The highest BCUT2D eigenvalue weighted by atomic mass is 19.4. The van der Waals surface area contributed by atoms with Crippen LogP contribution in [0, 0.1) is 22.7 Å². The van der Waals surface area contributed by atoms with Crippen LogP contribution in [0.2, 0.25) is 0 Å². The van der Waals surface area contributed by atoms with Gasteiger partial charge in [-0.2, -0.15) is 23.5 Å². The van der Waals surface area contributed by atoms with Gasteiger partial charge >= 0.3 is 6.18 Å². The normalized spacial score (nSPS) is 22.5. The molecule has 0 unspecified atom stereocenters. The third-order valence-electron chi connectivity index (χ3n) is 7.01. The van der Waals surface area contributed by atoms with E-state index in [1.54, 1.807) is 29.2 Å². The Bertz CT molecular complexity index is 1090. The maximum absolute atomic E-state index is 13.5. The molecule has 0 spiro atoms. The van der Waals surface area contributed by atoms with Gasteiger partial charge in [0.25, 0.3) is 5.91 Å². The Labute approximate surface area is 196 Å². The van der Waals surface area contributed by atoms with Crippen molar-refractivity contribution >= 4 is 11.6 Å². The van der Waals surface area contributed by atoms with Crippen molar-refractivity contribution in [3.8, 4) is 6.07 Å². The number of hydrogen-bond donors (Lipinski definition) is 0. The summed E-state index contributed by atoms with van der Waals surface area (Å²) in [5, 5.41) is 13.3. The lowest BCUT2D eigenvalue weighted by Crippen LogP contribution is -2.49. The maximum atomic E-state index is 13.5. The molecule has 4 rings (SSSR count). The van der Waals surface area contributed by atoms with E-state index in [9.17, 15) is 18.0 Å². The minimum Gasteiger partial charge on any atom is -0.381 e. The lowest BCUT2D eigenvalue weighted by molar-refractivity contribution is -0.137. The molecule has 34 heavy (non-hydrogen) atoms. The average Bonchev–Trinajstić information content (AvgIpc) is 3.46. The molecule has 2 saturated heterocycles. The zero-order valence-corrected chi connectivity index (χ0v) is 19.3. The lowest BCUT2D eigenvalue weighted by Gasteiger charge is -2.44. The topological polar surface area (TPSA) is 74.4 Å². The smallest absolute Gasteiger partial charge is 0.381 e. The summed E-state index contributed by atoms with van der Waals surface area (Å²) in [6.45, 7) is 7.70. The predicted octanol–water partition coefficient (Wildman–Crippen LogP) is 3.80. The van der Waals surface area contributed by atoms with Gasteiger partial charge in [-0.1, -0.05) is 0 Å². The van der Waals surface area contributed by atoms with Gasteiger partial charge in [-0.05, 0) is 38.5 Å². The number of rotatable bonds is 6. The third-order valence-corrected chi connectivity index (χ3v) is 7.01. The SMILES string of the molecule is CCOC[C@@]12CCN(c3ccc(C#N)c(C(F)(F)F)c3)C[C@@H]1CN(C(=O)c1cnn(CC)c1)C2. The Morgan fingerprint density at radius 1 is 1.32 bits per heavy atom. The zero-order chi connectivity index (χ0) is 24.5. The molecule has 0 saturated carbocycles. The fourth-order valence-corrected chi connectivity index (χ4v) is 5.10. The molecule has 1 amide bonds. The Hall–Kier alpha value is -3.06. The van der Waals surface area contributed by atoms with Gasteiger partial charge in [-0.3, -0.25) is 9.48 Å². The number of amides is 1. The molecule has 2 fully saturated rings.